The van der Waals surface area contributed by atoms with E-state index in [1.165, 1.54) is 0 Å². The molecule has 2 aromatic carbocycles. The largest absolute Gasteiger partial charge is 0.489 e. The van der Waals surface area contributed by atoms with Crippen LogP contribution < -0.4 is 25.3 Å². The van der Waals surface area contributed by atoms with Crippen LogP contribution in [0, 0.1) is 5.92 Å². The van der Waals surface area contributed by atoms with Gasteiger partial charge >= 0.3 is 0 Å². The first-order chi connectivity index (χ1) is 12.5. The van der Waals surface area contributed by atoms with Crippen LogP contribution in [0.25, 0.3) is 0 Å². The highest BCUT2D eigenvalue weighted by atomic mass is 16.7. The molecule has 1 heterocycles. The summed E-state index contributed by atoms with van der Waals surface area (Å²) in [6, 6.07) is 12.5. The van der Waals surface area contributed by atoms with Crippen LogP contribution >= 0.6 is 0 Å². The van der Waals surface area contributed by atoms with Crippen LogP contribution in [0.15, 0.2) is 42.5 Å². The molecule has 0 saturated carbocycles. The van der Waals surface area contributed by atoms with Crippen molar-refractivity contribution in [3.8, 4) is 17.2 Å². The molecule has 0 bridgehead atoms. The summed E-state index contributed by atoms with van der Waals surface area (Å²) < 4.78 is 16.4. The lowest BCUT2D eigenvalue weighted by molar-refractivity contribution is -0.117. The molecule has 2 aromatic rings. The van der Waals surface area contributed by atoms with E-state index < -0.39 is 6.04 Å². The summed E-state index contributed by atoms with van der Waals surface area (Å²) >= 11 is 0. The zero-order valence-electron chi connectivity index (χ0n) is 15.0. The number of nitrogens with one attached hydrogen (secondary N) is 1. The maximum atomic E-state index is 12.2. The summed E-state index contributed by atoms with van der Waals surface area (Å²) in [6.07, 6.45) is 0.652. The van der Waals surface area contributed by atoms with E-state index in [1.54, 1.807) is 6.07 Å². The van der Waals surface area contributed by atoms with E-state index >= 15 is 0 Å². The Labute approximate surface area is 153 Å². The molecule has 1 aliphatic heterocycles. The van der Waals surface area contributed by atoms with E-state index in [-0.39, 0.29) is 12.7 Å². The van der Waals surface area contributed by atoms with Crippen LogP contribution in [0.5, 0.6) is 17.2 Å². The number of hydrogen-bond acceptors (Lipinski definition) is 5. The van der Waals surface area contributed by atoms with Gasteiger partial charge in [-0.3, -0.25) is 4.79 Å². The highest BCUT2D eigenvalue weighted by Gasteiger charge is 2.16. The van der Waals surface area contributed by atoms with Crippen molar-refractivity contribution in [2.75, 3.05) is 12.1 Å². The smallest absolute Gasteiger partial charge is 0.241 e. The number of benzene rings is 2. The van der Waals surface area contributed by atoms with Gasteiger partial charge in [-0.05, 0) is 42.2 Å². The predicted molar refractivity (Wildman–Crippen MR) is 99.4 cm³/mol. The minimum Gasteiger partial charge on any atom is -0.489 e. The maximum Gasteiger partial charge on any atom is 0.241 e. The molecule has 6 heteroatoms. The van der Waals surface area contributed by atoms with E-state index in [0.29, 0.717) is 36.1 Å². The zero-order valence-corrected chi connectivity index (χ0v) is 15.0. The van der Waals surface area contributed by atoms with Crippen LogP contribution in [-0.4, -0.2) is 18.7 Å². The van der Waals surface area contributed by atoms with Gasteiger partial charge in [-0.2, -0.15) is 0 Å². The van der Waals surface area contributed by atoms with Gasteiger partial charge in [-0.25, -0.2) is 0 Å². The molecule has 1 amide bonds. The first-order valence-electron chi connectivity index (χ1n) is 8.69. The van der Waals surface area contributed by atoms with Crippen molar-refractivity contribution >= 4 is 11.6 Å². The molecule has 1 atom stereocenters. The van der Waals surface area contributed by atoms with Gasteiger partial charge in [-0.15, -0.1) is 0 Å². The average molecular weight is 356 g/mol. The third-order valence-corrected chi connectivity index (χ3v) is 4.01. The molecular formula is C20H24N2O4. The number of anilines is 1. The van der Waals surface area contributed by atoms with E-state index in [0.717, 1.165) is 11.3 Å². The number of hydrogen-bond donors (Lipinski definition) is 2. The molecule has 3 N–H and O–H groups in total. The van der Waals surface area contributed by atoms with E-state index in [4.69, 9.17) is 19.9 Å². The molecule has 0 aromatic heterocycles. The summed E-state index contributed by atoms with van der Waals surface area (Å²) in [6.45, 7) is 4.70. The lowest BCUT2D eigenvalue weighted by Crippen LogP contribution is -2.36. The Morgan fingerprint density at radius 2 is 2.00 bits per heavy atom. The fourth-order valence-electron chi connectivity index (χ4n) is 2.72. The third kappa shape index (κ3) is 4.67. The highest BCUT2D eigenvalue weighted by Crippen LogP contribution is 2.35. The monoisotopic (exact) mass is 356 g/mol. The molecule has 6 nitrogen and oxygen atoms in total. The Morgan fingerprint density at radius 3 is 2.81 bits per heavy atom. The molecule has 26 heavy (non-hydrogen) atoms. The fraction of sp³-hybridized carbons (Fsp3) is 0.350. The Balaban J connectivity index is 1.58. The lowest BCUT2D eigenvalue weighted by atomic mass is 10.0. The number of carbonyl (C=O) groups excluding carboxylic acids is 1. The Bertz CT molecular complexity index is 776. The highest BCUT2D eigenvalue weighted by molar-refractivity contribution is 5.94. The molecule has 0 fully saturated rings. The molecule has 0 radical (unpaired) electrons. The van der Waals surface area contributed by atoms with Gasteiger partial charge in [-0.1, -0.05) is 26.0 Å². The zero-order chi connectivity index (χ0) is 18.5. The number of carbonyl (C=O) groups is 1. The van der Waals surface area contributed by atoms with E-state index in [2.05, 4.69) is 5.32 Å². The molecule has 1 aliphatic rings. The number of ether oxygens (including phenoxy) is 3. The molecule has 0 spiro atoms. The van der Waals surface area contributed by atoms with Crippen molar-refractivity contribution < 1.29 is 19.0 Å². The van der Waals surface area contributed by atoms with Gasteiger partial charge in [0.15, 0.2) is 11.5 Å². The number of fused-ring (bicyclic) bond motifs is 1. The van der Waals surface area contributed by atoms with Crippen molar-refractivity contribution in [1.82, 2.24) is 0 Å². The summed E-state index contributed by atoms with van der Waals surface area (Å²) in [5, 5.41) is 2.86. The van der Waals surface area contributed by atoms with Crippen LogP contribution in [0.1, 0.15) is 25.8 Å². The second kappa shape index (κ2) is 8.10. The molecule has 0 saturated heterocycles. The number of nitrogens with two attached hydrogens (primary N) is 1. The first-order valence-corrected chi connectivity index (χ1v) is 8.69. The minimum atomic E-state index is -0.511. The van der Waals surface area contributed by atoms with Gasteiger partial charge in [0.1, 0.15) is 12.4 Å². The standard InChI is InChI=1S/C20H24N2O4/c1-13(2)8-17(21)20(23)22-15-5-3-4-14(9-15)11-24-16-6-7-18-19(10-16)26-12-25-18/h3-7,9-10,13,17H,8,11-12,21H2,1-2H3,(H,22,23)/t17-/m0/s1. The van der Waals surface area contributed by atoms with Gasteiger partial charge in [0.2, 0.25) is 12.7 Å². The fourth-order valence-corrected chi connectivity index (χ4v) is 2.72. The summed E-state index contributed by atoms with van der Waals surface area (Å²) in [7, 11) is 0. The van der Waals surface area contributed by atoms with Crippen LogP contribution in [0.4, 0.5) is 5.69 Å². The van der Waals surface area contributed by atoms with Crippen molar-refractivity contribution in [1.29, 1.82) is 0 Å². The number of rotatable bonds is 7. The quantitative estimate of drug-likeness (QED) is 0.795. The topological polar surface area (TPSA) is 82.8 Å². The normalized spacial score (nSPS) is 13.5. The van der Waals surface area contributed by atoms with Crippen LogP contribution in [0.2, 0.25) is 0 Å². The second-order valence-electron chi connectivity index (χ2n) is 6.73. The maximum absolute atomic E-state index is 12.2. The van der Waals surface area contributed by atoms with Gasteiger partial charge in [0.05, 0.1) is 6.04 Å². The summed E-state index contributed by atoms with van der Waals surface area (Å²) in [5.41, 5.74) is 7.58. The molecular weight excluding hydrogens is 332 g/mol. The molecule has 0 unspecified atom stereocenters. The Morgan fingerprint density at radius 1 is 1.19 bits per heavy atom. The molecule has 0 aliphatic carbocycles. The minimum absolute atomic E-state index is 0.174. The van der Waals surface area contributed by atoms with Crippen LogP contribution in [0.3, 0.4) is 0 Å². The van der Waals surface area contributed by atoms with Crippen molar-refractivity contribution in [2.24, 2.45) is 11.7 Å². The molecule has 3 rings (SSSR count). The van der Waals surface area contributed by atoms with Crippen molar-refractivity contribution in [3.63, 3.8) is 0 Å². The van der Waals surface area contributed by atoms with Gasteiger partial charge in [0.25, 0.3) is 0 Å². The predicted octanol–water partition coefficient (Wildman–Crippen LogP) is 3.31. The van der Waals surface area contributed by atoms with Gasteiger partial charge < -0.3 is 25.3 Å². The second-order valence-corrected chi connectivity index (χ2v) is 6.73. The lowest BCUT2D eigenvalue weighted by Gasteiger charge is -2.15. The van der Waals surface area contributed by atoms with Crippen molar-refractivity contribution in [2.45, 2.75) is 32.9 Å². The van der Waals surface area contributed by atoms with E-state index in [9.17, 15) is 4.79 Å². The first kappa shape index (κ1) is 18.1. The summed E-state index contributed by atoms with van der Waals surface area (Å²) in [4.78, 5) is 12.2. The van der Waals surface area contributed by atoms with E-state index in [1.807, 2.05) is 50.2 Å². The number of amides is 1. The van der Waals surface area contributed by atoms with Gasteiger partial charge in [0, 0.05) is 11.8 Å². The molecule has 138 valence electrons. The summed E-state index contributed by atoms with van der Waals surface area (Å²) in [5.74, 6) is 2.30. The Hall–Kier alpha value is -2.73. The van der Waals surface area contributed by atoms with Crippen LogP contribution in [-0.2, 0) is 11.4 Å². The SMILES string of the molecule is CC(C)C[C@H](N)C(=O)Nc1cccc(COc2ccc3c(c2)OCO3)c1. The third-order valence-electron chi connectivity index (χ3n) is 4.01. The average Bonchev–Trinajstić information content (AvgIpc) is 3.07. The Kier molecular flexibility index (Phi) is 5.63. The van der Waals surface area contributed by atoms with Crippen molar-refractivity contribution in [3.05, 3.63) is 48.0 Å².